The van der Waals surface area contributed by atoms with E-state index in [4.69, 9.17) is 19.9 Å². The maximum Gasteiger partial charge on any atom is 0.161 e. The summed E-state index contributed by atoms with van der Waals surface area (Å²) in [6, 6.07) is 5.81. The van der Waals surface area contributed by atoms with E-state index in [0.29, 0.717) is 17.6 Å². The highest BCUT2D eigenvalue weighted by Gasteiger charge is 2.40. The third kappa shape index (κ3) is 2.63. The van der Waals surface area contributed by atoms with Crippen LogP contribution in [-0.2, 0) is 4.74 Å². The summed E-state index contributed by atoms with van der Waals surface area (Å²) in [5, 5.41) is 0. The summed E-state index contributed by atoms with van der Waals surface area (Å²) in [4.78, 5) is 0. The molecule has 0 amide bonds. The quantitative estimate of drug-likeness (QED) is 0.920. The molecule has 0 aliphatic carbocycles. The molecule has 1 saturated heterocycles. The van der Waals surface area contributed by atoms with Crippen LogP contribution in [0.2, 0.25) is 0 Å². The van der Waals surface area contributed by atoms with E-state index in [1.165, 1.54) is 0 Å². The van der Waals surface area contributed by atoms with Crippen molar-refractivity contribution in [2.75, 3.05) is 14.2 Å². The van der Waals surface area contributed by atoms with Crippen LogP contribution in [0.1, 0.15) is 32.4 Å². The second-order valence-electron chi connectivity index (χ2n) is 5.62. The van der Waals surface area contributed by atoms with Crippen molar-refractivity contribution in [3.05, 3.63) is 23.8 Å². The van der Waals surface area contributed by atoms with Gasteiger partial charge in [-0.2, -0.15) is 0 Å². The number of methoxy groups -OCH3 is 2. The zero-order valence-corrected chi connectivity index (χ0v) is 12.9. The molecule has 20 heavy (non-hydrogen) atoms. The van der Waals surface area contributed by atoms with Crippen LogP contribution >= 0.6 is 0 Å². The Morgan fingerprint density at radius 1 is 1.05 bits per heavy atom. The summed E-state index contributed by atoms with van der Waals surface area (Å²) >= 11 is 0. The van der Waals surface area contributed by atoms with E-state index in [1.807, 2.05) is 18.2 Å². The van der Waals surface area contributed by atoms with E-state index in [0.717, 1.165) is 11.3 Å². The molecular weight excluding hydrogens is 254 g/mol. The lowest BCUT2D eigenvalue weighted by molar-refractivity contribution is 0.0489. The highest BCUT2D eigenvalue weighted by molar-refractivity contribution is 5.44. The minimum Gasteiger partial charge on any atom is -0.493 e. The molecule has 5 atom stereocenters. The molecule has 0 saturated carbocycles. The molecule has 1 fully saturated rings. The maximum absolute atomic E-state index is 6.48. The topological polar surface area (TPSA) is 53.7 Å². The van der Waals surface area contributed by atoms with Crippen molar-refractivity contribution in [1.82, 2.24) is 0 Å². The normalized spacial score (nSPS) is 31.1. The minimum atomic E-state index is -0.0650. The Morgan fingerprint density at radius 2 is 1.70 bits per heavy atom. The molecule has 0 bridgehead atoms. The van der Waals surface area contributed by atoms with Crippen molar-refractivity contribution in [2.45, 2.75) is 39.0 Å². The van der Waals surface area contributed by atoms with Gasteiger partial charge in [0.25, 0.3) is 0 Å². The first kappa shape index (κ1) is 15.1. The number of ether oxygens (including phenoxy) is 3. The third-order valence-corrected chi connectivity index (χ3v) is 4.53. The molecule has 112 valence electrons. The smallest absolute Gasteiger partial charge is 0.161 e. The van der Waals surface area contributed by atoms with Gasteiger partial charge in [0.15, 0.2) is 11.5 Å². The van der Waals surface area contributed by atoms with Crippen LogP contribution in [0.15, 0.2) is 18.2 Å². The van der Waals surface area contributed by atoms with Gasteiger partial charge in [0.05, 0.1) is 26.4 Å². The summed E-state index contributed by atoms with van der Waals surface area (Å²) in [5.41, 5.74) is 7.54. The molecule has 0 spiro atoms. The monoisotopic (exact) mass is 279 g/mol. The van der Waals surface area contributed by atoms with Crippen molar-refractivity contribution in [3.8, 4) is 11.5 Å². The lowest BCUT2D eigenvalue weighted by Gasteiger charge is -2.26. The summed E-state index contributed by atoms with van der Waals surface area (Å²) in [5.74, 6) is 2.18. The summed E-state index contributed by atoms with van der Waals surface area (Å²) in [7, 11) is 3.27. The van der Waals surface area contributed by atoms with E-state index < -0.39 is 0 Å². The second kappa shape index (κ2) is 6.02. The van der Waals surface area contributed by atoms with Gasteiger partial charge in [0.1, 0.15) is 0 Å². The van der Waals surface area contributed by atoms with Gasteiger partial charge >= 0.3 is 0 Å². The molecule has 5 unspecified atom stereocenters. The Hall–Kier alpha value is -1.26. The van der Waals surface area contributed by atoms with Crippen molar-refractivity contribution in [1.29, 1.82) is 0 Å². The molecule has 1 heterocycles. The first-order chi connectivity index (χ1) is 9.49. The van der Waals surface area contributed by atoms with Crippen molar-refractivity contribution >= 4 is 0 Å². The maximum atomic E-state index is 6.48. The number of hydrogen-bond donors (Lipinski definition) is 1. The predicted octanol–water partition coefficient (Wildman–Crippen LogP) is 2.76. The molecule has 1 aromatic carbocycles. The molecule has 4 heteroatoms. The van der Waals surface area contributed by atoms with Crippen molar-refractivity contribution in [3.63, 3.8) is 0 Å². The van der Waals surface area contributed by atoms with Gasteiger partial charge in [-0.3, -0.25) is 0 Å². The molecule has 1 aliphatic heterocycles. The van der Waals surface area contributed by atoms with Gasteiger partial charge in [-0.05, 0) is 37.5 Å². The number of nitrogens with two attached hydrogens (primary N) is 1. The largest absolute Gasteiger partial charge is 0.493 e. The fourth-order valence-corrected chi connectivity index (χ4v) is 3.20. The van der Waals surface area contributed by atoms with Gasteiger partial charge in [0.2, 0.25) is 0 Å². The summed E-state index contributed by atoms with van der Waals surface area (Å²) < 4.78 is 16.5. The Balaban J connectivity index is 2.27. The van der Waals surface area contributed by atoms with Gasteiger partial charge in [0, 0.05) is 12.0 Å². The number of hydrogen-bond acceptors (Lipinski definition) is 4. The summed E-state index contributed by atoms with van der Waals surface area (Å²) in [6.45, 7) is 6.42. The van der Waals surface area contributed by atoms with Crippen LogP contribution in [0.5, 0.6) is 11.5 Å². The van der Waals surface area contributed by atoms with Crippen LogP contribution in [0, 0.1) is 11.8 Å². The van der Waals surface area contributed by atoms with E-state index in [9.17, 15) is 0 Å². The van der Waals surface area contributed by atoms with Gasteiger partial charge in [-0.1, -0.05) is 13.0 Å². The highest BCUT2D eigenvalue weighted by atomic mass is 16.5. The predicted molar refractivity (Wildman–Crippen MR) is 79.1 cm³/mol. The van der Waals surface area contributed by atoms with E-state index in [1.54, 1.807) is 14.2 Å². The lowest BCUT2D eigenvalue weighted by atomic mass is 9.81. The average molecular weight is 279 g/mol. The Bertz CT molecular complexity index is 463. The molecule has 4 nitrogen and oxygen atoms in total. The first-order valence-corrected chi connectivity index (χ1v) is 7.12. The zero-order valence-electron chi connectivity index (χ0n) is 12.9. The average Bonchev–Trinajstić information content (AvgIpc) is 2.70. The summed E-state index contributed by atoms with van der Waals surface area (Å²) in [6.07, 6.45) is 0.421. The van der Waals surface area contributed by atoms with E-state index in [2.05, 4.69) is 20.8 Å². The Labute approximate surface area is 121 Å². The van der Waals surface area contributed by atoms with Crippen molar-refractivity contribution in [2.24, 2.45) is 17.6 Å². The van der Waals surface area contributed by atoms with Gasteiger partial charge < -0.3 is 19.9 Å². The fourth-order valence-electron chi connectivity index (χ4n) is 3.20. The SMILES string of the molecule is COc1ccc(C(N)C2C(C)OC(C)C2C)cc1OC. The van der Waals surface area contributed by atoms with E-state index in [-0.39, 0.29) is 18.2 Å². The molecule has 2 rings (SSSR count). The van der Waals surface area contributed by atoms with Crippen LogP contribution < -0.4 is 15.2 Å². The Kier molecular flexibility index (Phi) is 4.55. The molecular formula is C16H25NO3. The van der Waals surface area contributed by atoms with Gasteiger partial charge in [-0.15, -0.1) is 0 Å². The lowest BCUT2D eigenvalue weighted by Crippen LogP contribution is -2.30. The third-order valence-electron chi connectivity index (χ3n) is 4.53. The molecule has 1 aliphatic rings. The fraction of sp³-hybridized carbons (Fsp3) is 0.625. The standard InChI is InChI=1S/C16H25NO3/c1-9-10(2)20-11(3)15(9)16(17)12-6-7-13(18-4)14(8-12)19-5/h6-11,15-16H,17H2,1-5H3. The van der Waals surface area contributed by atoms with Crippen LogP contribution in [0.25, 0.3) is 0 Å². The minimum absolute atomic E-state index is 0.0650. The molecule has 0 aromatic heterocycles. The second-order valence-corrected chi connectivity index (χ2v) is 5.62. The van der Waals surface area contributed by atoms with Crippen LogP contribution in [-0.4, -0.2) is 26.4 Å². The van der Waals surface area contributed by atoms with Crippen LogP contribution in [0.3, 0.4) is 0 Å². The Morgan fingerprint density at radius 3 is 2.20 bits per heavy atom. The molecule has 0 radical (unpaired) electrons. The number of rotatable bonds is 4. The molecule has 1 aromatic rings. The van der Waals surface area contributed by atoms with Gasteiger partial charge in [-0.25, -0.2) is 0 Å². The van der Waals surface area contributed by atoms with E-state index >= 15 is 0 Å². The molecule has 2 N–H and O–H groups in total. The first-order valence-electron chi connectivity index (χ1n) is 7.12. The highest BCUT2D eigenvalue weighted by Crippen LogP contribution is 2.41. The zero-order chi connectivity index (χ0) is 14.9. The number of benzene rings is 1. The van der Waals surface area contributed by atoms with Crippen LogP contribution in [0.4, 0.5) is 0 Å². The van der Waals surface area contributed by atoms with Crippen molar-refractivity contribution < 1.29 is 14.2 Å².